The van der Waals surface area contributed by atoms with Crippen LogP contribution in [0.1, 0.15) is 40.5 Å². The molecule has 0 radical (unpaired) electrons. The Bertz CT molecular complexity index is 656. The van der Waals surface area contributed by atoms with Gasteiger partial charge in [0, 0.05) is 37.2 Å². The van der Waals surface area contributed by atoms with Crippen molar-refractivity contribution in [2.45, 2.75) is 65.0 Å². The van der Waals surface area contributed by atoms with Crippen molar-refractivity contribution in [3.63, 3.8) is 0 Å². The molecule has 3 fully saturated rings. The van der Waals surface area contributed by atoms with E-state index in [0.717, 1.165) is 0 Å². The highest BCUT2D eigenvalue weighted by Gasteiger charge is 2.66. The fraction of sp³-hybridized carbons (Fsp3) is 0.737. The van der Waals surface area contributed by atoms with E-state index in [4.69, 9.17) is 14.2 Å². The first kappa shape index (κ1) is 18.9. The third-order valence-electron chi connectivity index (χ3n) is 6.38. The molecule has 0 spiro atoms. The highest BCUT2D eigenvalue weighted by molar-refractivity contribution is 5.91. The molecule has 0 aromatic carbocycles. The summed E-state index contributed by atoms with van der Waals surface area (Å²) >= 11 is 0. The largest absolute Gasteiger partial charge is 0.462 e. The lowest BCUT2D eigenvalue weighted by atomic mass is 9.66. The molecule has 3 rings (SSSR count). The standard InChI is InChI=1S/C19H26O7/c1-8-6-12-15(9(2)18(23)26-12)17(25-11(4)21)19(5)14(22)7-13(16(8)19)24-10(3)20/h8,12-17,22H,2,6-7H2,1,3-5H3/t8?,12-,13-,14-,15+,16?,17-,19+/m0/s1. The molecule has 8 atom stereocenters. The van der Waals surface area contributed by atoms with Crippen LogP contribution in [0, 0.1) is 23.2 Å². The van der Waals surface area contributed by atoms with Crippen LogP contribution in [-0.2, 0) is 28.6 Å². The molecular formula is C19H26O7. The summed E-state index contributed by atoms with van der Waals surface area (Å²) in [7, 11) is 0. The topological polar surface area (TPSA) is 99.1 Å². The zero-order valence-corrected chi connectivity index (χ0v) is 15.6. The summed E-state index contributed by atoms with van der Waals surface area (Å²) < 4.78 is 16.6. The molecule has 2 saturated carbocycles. The van der Waals surface area contributed by atoms with Crippen LogP contribution in [-0.4, -0.2) is 47.4 Å². The fourth-order valence-corrected chi connectivity index (χ4v) is 5.44. The summed E-state index contributed by atoms with van der Waals surface area (Å²) in [6.07, 6.45) is -1.80. The van der Waals surface area contributed by atoms with Crippen molar-refractivity contribution >= 4 is 17.9 Å². The van der Waals surface area contributed by atoms with Gasteiger partial charge < -0.3 is 19.3 Å². The Morgan fingerprint density at radius 3 is 2.42 bits per heavy atom. The molecule has 1 aliphatic heterocycles. The number of aliphatic hydroxyl groups excluding tert-OH is 1. The summed E-state index contributed by atoms with van der Waals surface area (Å²) in [6, 6.07) is 0. The predicted octanol–water partition coefficient (Wildman–Crippen LogP) is 1.37. The van der Waals surface area contributed by atoms with Gasteiger partial charge in [-0.05, 0) is 12.3 Å². The smallest absolute Gasteiger partial charge is 0.334 e. The molecule has 1 N–H and O–H groups in total. The molecule has 0 bridgehead atoms. The lowest BCUT2D eigenvalue weighted by Gasteiger charge is -2.43. The highest BCUT2D eigenvalue weighted by Crippen LogP contribution is 2.58. The van der Waals surface area contributed by atoms with Crippen molar-refractivity contribution in [1.82, 2.24) is 0 Å². The minimum Gasteiger partial charge on any atom is -0.462 e. The second-order valence-corrected chi connectivity index (χ2v) is 8.03. The van der Waals surface area contributed by atoms with E-state index in [0.29, 0.717) is 6.42 Å². The number of hydrogen-bond acceptors (Lipinski definition) is 7. The van der Waals surface area contributed by atoms with Crippen molar-refractivity contribution < 1.29 is 33.7 Å². The molecule has 3 aliphatic rings. The maximum Gasteiger partial charge on any atom is 0.334 e. The Kier molecular flexibility index (Phi) is 4.63. The van der Waals surface area contributed by atoms with Crippen molar-refractivity contribution in [1.29, 1.82) is 0 Å². The maximum atomic E-state index is 12.1. The Hall–Kier alpha value is -1.89. The first-order chi connectivity index (χ1) is 12.1. The van der Waals surface area contributed by atoms with E-state index >= 15 is 0 Å². The Labute approximate surface area is 152 Å². The first-order valence-electron chi connectivity index (χ1n) is 8.99. The number of carbonyl (C=O) groups excluding carboxylic acids is 3. The van der Waals surface area contributed by atoms with Gasteiger partial charge in [-0.3, -0.25) is 9.59 Å². The average molecular weight is 366 g/mol. The van der Waals surface area contributed by atoms with Crippen molar-refractivity contribution in [2.24, 2.45) is 23.2 Å². The number of carbonyl (C=O) groups is 3. The molecule has 0 aromatic heterocycles. The zero-order chi connectivity index (χ0) is 19.4. The molecule has 7 nitrogen and oxygen atoms in total. The third kappa shape index (κ3) is 2.73. The van der Waals surface area contributed by atoms with Gasteiger partial charge in [-0.25, -0.2) is 4.79 Å². The maximum absolute atomic E-state index is 12.1. The predicted molar refractivity (Wildman–Crippen MR) is 89.6 cm³/mol. The number of aliphatic hydroxyl groups is 1. The second kappa shape index (κ2) is 6.37. The summed E-state index contributed by atoms with van der Waals surface area (Å²) in [5.41, 5.74) is -0.625. The van der Waals surface area contributed by atoms with Crippen molar-refractivity contribution in [2.75, 3.05) is 0 Å². The van der Waals surface area contributed by atoms with Crippen LogP contribution in [0.2, 0.25) is 0 Å². The summed E-state index contributed by atoms with van der Waals surface area (Å²) in [6.45, 7) is 10.3. The molecule has 7 heteroatoms. The molecule has 1 heterocycles. The SMILES string of the molecule is C=C1C(=O)O[C@H]2CC(C)C3[C@@H](OC(C)=O)C[C@H](O)[C@@]3(C)[C@@H](OC(C)=O)[C@H]12. The quantitative estimate of drug-likeness (QED) is 0.448. The summed E-state index contributed by atoms with van der Waals surface area (Å²) in [5.74, 6) is -2.18. The van der Waals surface area contributed by atoms with Crippen LogP contribution in [0.25, 0.3) is 0 Å². The number of fused-ring (bicyclic) bond motifs is 2. The van der Waals surface area contributed by atoms with Gasteiger partial charge in [0.25, 0.3) is 0 Å². The van der Waals surface area contributed by atoms with Crippen molar-refractivity contribution in [3.8, 4) is 0 Å². The Morgan fingerprint density at radius 1 is 1.23 bits per heavy atom. The van der Waals surface area contributed by atoms with Gasteiger partial charge in [0.15, 0.2) is 0 Å². The lowest BCUT2D eigenvalue weighted by molar-refractivity contribution is -0.170. The average Bonchev–Trinajstić information content (AvgIpc) is 2.88. The molecule has 26 heavy (non-hydrogen) atoms. The minimum absolute atomic E-state index is 0.0201. The van der Waals surface area contributed by atoms with Gasteiger partial charge >= 0.3 is 17.9 Å². The van der Waals surface area contributed by atoms with Crippen LogP contribution < -0.4 is 0 Å². The van der Waals surface area contributed by atoms with Gasteiger partial charge in [-0.1, -0.05) is 20.4 Å². The van der Waals surface area contributed by atoms with Crippen LogP contribution in [0.5, 0.6) is 0 Å². The molecular weight excluding hydrogens is 340 g/mol. The monoisotopic (exact) mass is 366 g/mol. The van der Waals surface area contributed by atoms with E-state index in [1.165, 1.54) is 13.8 Å². The van der Waals surface area contributed by atoms with E-state index in [2.05, 4.69) is 6.58 Å². The van der Waals surface area contributed by atoms with Gasteiger partial charge in [0.1, 0.15) is 18.3 Å². The number of esters is 3. The molecule has 1 saturated heterocycles. The van der Waals surface area contributed by atoms with Crippen LogP contribution in [0.15, 0.2) is 12.2 Å². The third-order valence-corrected chi connectivity index (χ3v) is 6.38. The van der Waals surface area contributed by atoms with E-state index in [9.17, 15) is 19.5 Å². The van der Waals surface area contributed by atoms with Gasteiger partial charge in [0.05, 0.1) is 12.0 Å². The lowest BCUT2D eigenvalue weighted by Crippen LogP contribution is -2.51. The van der Waals surface area contributed by atoms with Crippen LogP contribution in [0.4, 0.5) is 0 Å². The molecule has 2 unspecified atom stereocenters. The number of hydrogen-bond donors (Lipinski definition) is 1. The minimum atomic E-state index is -0.887. The molecule has 0 aromatic rings. The zero-order valence-electron chi connectivity index (χ0n) is 15.6. The summed E-state index contributed by atoms with van der Waals surface area (Å²) in [5, 5.41) is 10.9. The molecule has 144 valence electrons. The Balaban J connectivity index is 2.10. The number of ether oxygens (including phenoxy) is 3. The van der Waals surface area contributed by atoms with E-state index in [1.54, 1.807) is 0 Å². The van der Waals surface area contributed by atoms with Gasteiger partial charge in [-0.2, -0.15) is 0 Å². The molecule has 0 amide bonds. The fourth-order valence-electron chi connectivity index (χ4n) is 5.44. The van der Waals surface area contributed by atoms with Gasteiger partial charge in [0.2, 0.25) is 0 Å². The van der Waals surface area contributed by atoms with Crippen molar-refractivity contribution in [3.05, 3.63) is 12.2 Å². The second-order valence-electron chi connectivity index (χ2n) is 8.03. The number of rotatable bonds is 2. The van der Waals surface area contributed by atoms with Crippen LogP contribution in [0.3, 0.4) is 0 Å². The highest BCUT2D eigenvalue weighted by atomic mass is 16.6. The summed E-state index contributed by atoms with van der Waals surface area (Å²) in [4.78, 5) is 35.5. The van der Waals surface area contributed by atoms with Gasteiger partial charge in [-0.15, -0.1) is 0 Å². The normalized spacial score (nSPS) is 44.6. The van der Waals surface area contributed by atoms with E-state index in [1.807, 2.05) is 13.8 Å². The van der Waals surface area contributed by atoms with E-state index < -0.39 is 53.7 Å². The Morgan fingerprint density at radius 2 is 1.85 bits per heavy atom. The molecule has 2 aliphatic carbocycles. The van der Waals surface area contributed by atoms with Crippen LogP contribution >= 0.6 is 0 Å². The van der Waals surface area contributed by atoms with E-state index in [-0.39, 0.29) is 23.8 Å². The first-order valence-corrected chi connectivity index (χ1v) is 8.99.